The van der Waals surface area contributed by atoms with Gasteiger partial charge in [0.1, 0.15) is 0 Å². The Morgan fingerprint density at radius 2 is 1.89 bits per heavy atom. The lowest BCUT2D eigenvalue weighted by Crippen LogP contribution is -2.40. The minimum Gasteiger partial charge on any atom is -0.379 e. The fraction of sp³-hybridized carbons (Fsp3) is 0.588. The molecule has 0 amide bonds. The normalized spacial score (nSPS) is 20.3. The molecule has 1 N–H and O–H groups in total. The molecule has 3 rings (SSSR count). The number of likely N-dealkylation sites (N-methyl/N-ethyl adjacent to an activating group) is 1. The summed E-state index contributed by atoms with van der Waals surface area (Å²) in [5.41, 5.74) is 0.508. The van der Waals surface area contributed by atoms with Crippen molar-refractivity contribution in [2.24, 2.45) is 0 Å². The quantitative estimate of drug-likeness (QED) is 0.729. The zero-order valence-electron chi connectivity index (χ0n) is 15.4. The molecule has 2 aliphatic heterocycles. The van der Waals surface area contributed by atoms with Crippen LogP contribution in [0.2, 0.25) is 5.02 Å². The highest BCUT2D eigenvalue weighted by Gasteiger charge is 2.27. The largest absolute Gasteiger partial charge is 0.379 e. The number of nitrogens with zero attached hydrogens (tertiary/aromatic N) is 3. The summed E-state index contributed by atoms with van der Waals surface area (Å²) in [5.74, 6) is 0. The van der Waals surface area contributed by atoms with Gasteiger partial charge in [-0.2, -0.15) is 4.31 Å². The van der Waals surface area contributed by atoms with Crippen LogP contribution in [0.5, 0.6) is 0 Å². The van der Waals surface area contributed by atoms with Gasteiger partial charge in [-0.05, 0) is 50.4 Å². The SMILES string of the molecule is CN1CCCN(C(=S)Nc2cc(S(=O)(=O)N3CCOCC3)ccc2Cl)CC1. The lowest BCUT2D eigenvalue weighted by atomic mass is 10.3. The van der Waals surface area contributed by atoms with Crippen molar-refractivity contribution in [2.45, 2.75) is 11.3 Å². The van der Waals surface area contributed by atoms with Crippen molar-refractivity contribution in [3.8, 4) is 0 Å². The number of sulfonamides is 1. The Labute approximate surface area is 171 Å². The summed E-state index contributed by atoms with van der Waals surface area (Å²) >= 11 is 11.8. The van der Waals surface area contributed by atoms with Crippen molar-refractivity contribution >= 4 is 44.6 Å². The van der Waals surface area contributed by atoms with E-state index in [0.29, 0.717) is 42.1 Å². The molecule has 27 heavy (non-hydrogen) atoms. The number of nitrogens with one attached hydrogen (secondary N) is 1. The van der Waals surface area contributed by atoms with Crippen LogP contribution in [0.1, 0.15) is 6.42 Å². The Morgan fingerprint density at radius 3 is 2.63 bits per heavy atom. The molecule has 0 atom stereocenters. The Balaban J connectivity index is 1.76. The van der Waals surface area contributed by atoms with Crippen LogP contribution in [0, 0.1) is 0 Å². The van der Waals surface area contributed by atoms with Crippen LogP contribution in [0.25, 0.3) is 0 Å². The molecule has 0 radical (unpaired) electrons. The molecule has 2 fully saturated rings. The highest BCUT2D eigenvalue weighted by Crippen LogP contribution is 2.27. The minimum atomic E-state index is -3.58. The molecular weight excluding hydrogens is 408 g/mol. The first-order chi connectivity index (χ1) is 12.9. The molecule has 0 unspecified atom stereocenters. The number of thiocarbonyl (C=S) groups is 1. The summed E-state index contributed by atoms with van der Waals surface area (Å²) in [5, 5.41) is 4.14. The number of hydrogen-bond acceptors (Lipinski definition) is 5. The maximum absolute atomic E-state index is 12.9. The van der Waals surface area contributed by atoms with E-state index in [4.69, 9.17) is 28.6 Å². The smallest absolute Gasteiger partial charge is 0.243 e. The summed E-state index contributed by atoms with van der Waals surface area (Å²) in [4.78, 5) is 4.57. The summed E-state index contributed by atoms with van der Waals surface area (Å²) in [6, 6.07) is 4.68. The first-order valence-electron chi connectivity index (χ1n) is 9.00. The standard InChI is InChI=1S/C17H25ClN4O3S2/c1-20-5-2-6-21(8-7-20)17(26)19-16-13-14(3-4-15(16)18)27(23,24)22-9-11-25-12-10-22/h3-4,13H,2,5-12H2,1H3,(H,19,26). The van der Waals surface area contributed by atoms with Gasteiger partial charge in [0.05, 0.1) is 28.8 Å². The van der Waals surface area contributed by atoms with Crippen LogP contribution in [0.3, 0.4) is 0 Å². The third-order valence-corrected chi connectivity index (χ3v) is 7.38. The molecule has 0 bridgehead atoms. The molecule has 1 aromatic rings. The Kier molecular flexibility index (Phi) is 6.93. The van der Waals surface area contributed by atoms with Crippen LogP contribution < -0.4 is 5.32 Å². The van der Waals surface area contributed by atoms with Crippen LogP contribution in [0.4, 0.5) is 5.69 Å². The van der Waals surface area contributed by atoms with Crippen LogP contribution in [-0.4, -0.2) is 87.2 Å². The Hall–Kier alpha value is -0.970. The van der Waals surface area contributed by atoms with E-state index in [1.54, 1.807) is 12.1 Å². The van der Waals surface area contributed by atoms with Gasteiger partial charge in [-0.15, -0.1) is 0 Å². The van der Waals surface area contributed by atoms with Crippen LogP contribution >= 0.6 is 23.8 Å². The number of hydrogen-bond donors (Lipinski definition) is 1. The molecule has 0 aliphatic carbocycles. The highest BCUT2D eigenvalue weighted by molar-refractivity contribution is 7.89. The molecule has 2 aliphatic rings. The van der Waals surface area contributed by atoms with Gasteiger partial charge in [-0.1, -0.05) is 11.6 Å². The van der Waals surface area contributed by atoms with Gasteiger partial charge in [-0.3, -0.25) is 0 Å². The molecule has 0 spiro atoms. The molecule has 1 aromatic carbocycles. The third kappa shape index (κ3) is 5.10. The third-order valence-electron chi connectivity index (χ3n) is 4.79. The highest BCUT2D eigenvalue weighted by atomic mass is 35.5. The summed E-state index contributed by atoms with van der Waals surface area (Å²) in [6.07, 6.45) is 1.03. The summed E-state index contributed by atoms with van der Waals surface area (Å²) < 4.78 is 32.4. The Morgan fingerprint density at radius 1 is 1.15 bits per heavy atom. The molecule has 150 valence electrons. The van der Waals surface area contributed by atoms with Gasteiger partial charge >= 0.3 is 0 Å². The fourth-order valence-corrected chi connectivity index (χ4v) is 5.03. The van der Waals surface area contributed by atoms with Crippen LogP contribution in [0.15, 0.2) is 23.1 Å². The van der Waals surface area contributed by atoms with Crippen molar-refractivity contribution in [1.82, 2.24) is 14.1 Å². The maximum Gasteiger partial charge on any atom is 0.243 e. The van der Waals surface area contributed by atoms with Crippen molar-refractivity contribution in [3.63, 3.8) is 0 Å². The zero-order chi connectivity index (χ0) is 19.4. The number of rotatable bonds is 3. The number of morpholine rings is 1. The molecule has 7 nitrogen and oxygen atoms in total. The van der Waals surface area contributed by atoms with Gasteiger partial charge in [0.25, 0.3) is 0 Å². The maximum atomic E-state index is 12.9. The van der Waals surface area contributed by atoms with Crippen LogP contribution in [-0.2, 0) is 14.8 Å². The second-order valence-corrected chi connectivity index (χ2v) is 9.46. The van der Waals surface area contributed by atoms with Crippen molar-refractivity contribution in [1.29, 1.82) is 0 Å². The van der Waals surface area contributed by atoms with E-state index in [2.05, 4.69) is 22.2 Å². The lowest BCUT2D eigenvalue weighted by Gasteiger charge is -2.27. The number of ether oxygens (including phenoxy) is 1. The fourth-order valence-electron chi connectivity index (χ4n) is 3.14. The molecule has 10 heteroatoms. The van der Waals surface area contributed by atoms with E-state index < -0.39 is 10.0 Å². The number of benzene rings is 1. The predicted molar refractivity (Wildman–Crippen MR) is 111 cm³/mol. The van der Waals surface area contributed by atoms with E-state index in [0.717, 1.165) is 32.6 Å². The second kappa shape index (κ2) is 9.02. The number of anilines is 1. The molecule has 2 heterocycles. The number of halogens is 1. The van der Waals surface area contributed by atoms with Gasteiger partial charge in [-0.25, -0.2) is 8.42 Å². The van der Waals surface area contributed by atoms with Gasteiger partial charge < -0.3 is 19.9 Å². The molecule has 0 saturated carbocycles. The lowest BCUT2D eigenvalue weighted by molar-refractivity contribution is 0.0730. The second-order valence-electron chi connectivity index (χ2n) is 6.73. The van der Waals surface area contributed by atoms with Gasteiger partial charge in [0.15, 0.2) is 5.11 Å². The van der Waals surface area contributed by atoms with E-state index in [-0.39, 0.29) is 4.90 Å². The van der Waals surface area contributed by atoms with E-state index in [9.17, 15) is 8.42 Å². The monoisotopic (exact) mass is 432 g/mol. The van der Waals surface area contributed by atoms with Gasteiger partial charge in [0.2, 0.25) is 10.0 Å². The first-order valence-corrected chi connectivity index (χ1v) is 11.2. The zero-order valence-corrected chi connectivity index (χ0v) is 17.7. The first kappa shape index (κ1) is 20.8. The van der Waals surface area contributed by atoms with Crippen molar-refractivity contribution in [2.75, 3.05) is 64.8 Å². The minimum absolute atomic E-state index is 0.203. The topological polar surface area (TPSA) is 65.1 Å². The Bertz CT molecular complexity index is 784. The molecular formula is C17H25ClN4O3S2. The van der Waals surface area contributed by atoms with Gasteiger partial charge in [0, 0.05) is 32.7 Å². The molecule has 0 aromatic heterocycles. The predicted octanol–water partition coefficient (Wildman–Crippen LogP) is 1.70. The molecule has 2 saturated heterocycles. The summed E-state index contributed by atoms with van der Waals surface area (Å²) in [7, 11) is -1.49. The average Bonchev–Trinajstić information content (AvgIpc) is 2.88. The van der Waals surface area contributed by atoms with E-state index >= 15 is 0 Å². The van der Waals surface area contributed by atoms with Crippen molar-refractivity contribution < 1.29 is 13.2 Å². The average molecular weight is 433 g/mol. The van der Waals surface area contributed by atoms with E-state index in [1.807, 2.05) is 0 Å². The summed E-state index contributed by atoms with van der Waals surface area (Å²) in [6.45, 7) is 5.18. The van der Waals surface area contributed by atoms with E-state index in [1.165, 1.54) is 10.4 Å². The van der Waals surface area contributed by atoms with Crippen molar-refractivity contribution in [3.05, 3.63) is 23.2 Å².